The van der Waals surface area contributed by atoms with E-state index in [-0.39, 0.29) is 18.7 Å². The summed E-state index contributed by atoms with van der Waals surface area (Å²) in [5.41, 5.74) is 0.290. The van der Waals surface area contributed by atoms with E-state index in [4.69, 9.17) is 5.11 Å². The van der Waals surface area contributed by atoms with Gasteiger partial charge in [-0.15, -0.1) is 6.58 Å². The molecule has 0 saturated carbocycles. The molecule has 0 saturated heterocycles. The van der Waals surface area contributed by atoms with Gasteiger partial charge in [0, 0.05) is 12.2 Å². The van der Waals surface area contributed by atoms with Crippen LogP contribution in [0.2, 0.25) is 0 Å². The highest BCUT2D eigenvalue weighted by atomic mass is 19.1. The molecule has 0 aromatic heterocycles. The minimum atomic E-state index is -1.13. The molecule has 5 nitrogen and oxygen atoms in total. The van der Waals surface area contributed by atoms with Crippen LogP contribution in [0.15, 0.2) is 36.9 Å². The second-order valence-electron chi connectivity index (χ2n) is 3.85. The number of benzene rings is 1. The fourth-order valence-electron chi connectivity index (χ4n) is 1.44. The Labute approximate surface area is 110 Å². The fourth-order valence-corrected chi connectivity index (χ4v) is 1.44. The molecular weight excluding hydrogens is 251 g/mol. The first-order valence-electron chi connectivity index (χ1n) is 5.65. The molecule has 0 aliphatic rings. The molecule has 0 radical (unpaired) electrons. The van der Waals surface area contributed by atoms with E-state index < -0.39 is 23.7 Å². The van der Waals surface area contributed by atoms with Gasteiger partial charge in [0.2, 0.25) is 5.91 Å². The summed E-state index contributed by atoms with van der Waals surface area (Å²) in [5.74, 6) is -2.11. The zero-order valence-electron chi connectivity index (χ0n) is 10.2. The number of carbonyl (C=O) groups is 2. The monoisotopic (exact) mass is 266 g/mol. The fraction of sp³-hybridized carbons (Fsp3) is 0.231. The first-order chi connectivity index (χ1) is 9.02. The molecule has 3 N–H and O–H groups in total. The highest BCUT2D eigenvalue weighted by molar-refractivity contribution is 5.94. The number of hydrogen-bond donors (Lipinski definition) is 3. The lowest BCUT2D eigenvalue weighted by Gasteiger charge is -2.13. The third-order valence-electron chi connectivity index (χ3n) is 2.30. The number of rotatable bonds is 7. The molecule has 1 aromatic rings. The first kappa shape index (κ1) is 14.8. The second kappa shape index (κ2) is 7.27. The van der Waals surface area contributed by atoms with E-state index in [0.29, 0.717) is 0 Å². The summed E-state index contributed by atoms with van der Waals surface area (Å²) < 4.78 is 12.9. The van der Waals surface area contributed by atoms with Crippen molar-refractivity contribution in [2.75, 3.05) is 11.9 Å². The van der Waals surface area contributed by atoms with Crippen molar-refractivity contribution in [3.63, 3.8) is 0 Å². The van der Waals surface area contributed by atoms with Crippen molar-refractivity contribution in [3.05, 3.63) is 42.7 Å². The lowest BCUT2D eigenvalue weighted by atomic mass is 10.2. The molecule has 1 aromatic carbocycles. The highest BCUT2D eigenvalue weighted by Crippen LogP contribution is 2.09. The number of nitrogens with one attached hydrogen (secondary N) is 2. The van der Waals surface area contributed by atoms with Crippen LogP contribution in [0.5, 0.6) is 0 Å². The van der Waals surface area contributed by atoms with Crippen molar-refractivity contribution in [1.29, 1.82) is 0 Å². The zero-order valence-corrected chi connectivity index (χ0v) is 10.2. The van der Waals surface area contributed by atoms with Gasteiger partial charge >= 0.3 is 5.97 Å². The summed E-state index contributed by atoms with van der Waals surface area (Å²) in [5, 5.41) is 14.0. The van der Waals surface area contributed by atoms with E-state index in [0.717, 1.165) is 6.07 Å². The Hall–Kier alpha value is -2.21. The van der Waals surface area contributed by atoms with Crippen LogP contribution >= 0.6 is 0 Å². The van der Waals surface area contributed by atoms with Crippen molar-refractivity contribution >= 4 is 17.6 Å². The minimum absolute atomic E-state index is 0.250. The van der Waals surface area contributed by atoms with E-state index >= 15 is 0 Å². The average molecular weight is 266 g/mol. The zero-order chi connectivity index (χ0) is 14.3. The Kier molecular flexibility index (Phi) is 5.69. The van der Waals surface area contributed by atoms with Gasteiger partial charge in [0.15, 0.2) is 0 Å². The molecule has 0 aliphatic heterocycles. The van der Waals surface area contributed by atoms with Crippen LogP contribution in [0, 0.1) is 5.82 Å². The molecule has 1 amide bonds. The van der Waals surface area contributed by atoms with Gasteiger partial charge in [-0.3, -0.25) is 9.59 Å². The van der Waals surface area contributed by atoms with Crippen molar-refractivity contribution < 1.29 is 19.1 Å². The molecule has 102 valence electrons. The number of carboxylic acid groups (broad SMARTS) is 1. The van der Waals surface area contributed by atoms with Gasteiger partial charge in [-0.25, -0.2) is 4.39 Å². The van der Waals surface area contributed by atoms with Gasteiger partial charge in [-0.1, -0.05) is 12.1 Å². The van der Waals surface area contributed by atoms with Gasteiger partial charge in [-0.2, -0.15) is 0 Å². The normalized spacial score (nSPS) is 11.6. The van der Waals surface area contributed by atoms with Crippen LogP contribution in [-0.4, -0.2) is 29.6 Å². The lowest BCUT2D eigenvalue weighted by Crippen LogP contribution is -2.39. The molecule has 0 heterocycles. The average Bonchev–Trinajstić information content (AvgIpc) is 2.34. The summed E-state index contributed by atoms with van der Waals surface area (Å²) >= 11 is 0. The number of hydrogen-bond acceptors (Lipinski definition) is 3. The smallest absolute Gasteiger partial charge is 0.321 e. The molecule has 0 fully saturated rings. The lowest BCUT2D eigenvalue weighted by molar-refractivity contribution is -0.140. The maximum atomic E-state index is 12.9. The molecule has 1 atom stereocenters. The van der Waals surface area contributed by atoms with Crippen molar-refractivity contribution in [2.24, 2.45) is 0 Å². The van der Waals surface area contributed by atoms with Gasteiger partial charge in [0.25, 0.3) is 0 Å². The standard InChI is InChI=1S/C13H15FN2O3/c1-2-6-15-11(13(18)19)8-12(17)16-10-5-3-4-9(14)7-10/h2-5,7,11,15H,1,6,8H2,(H,16,17)(H,18,19). The summed E-state index contributed by atoms with van der Waals surface area (Å²) in [6, 6.07) is 4.38. The Morgan fingerprint density at radius 3 is 2.79 bits per heavy atom. The predicted molar refractivity (Wildman–Crippen MR) is 69.3 cm³/mol. The van der Waals surface area contributed by atoms with Crippen LogP contribution in [0.1, 0.15) is 6.42 Å². The summed E-state index contributed by atoms with van der Waals surface area (Å²) in [6.07, 6.45) is 1.25. The number of carboxylic acids is 1. The SMILES string of the molecule is C=CCNC(CC(=O)Nc1cccc(F)c1)C(=O)O. The number of halogens is 1. The molecule has 0 aliphatic carbocycles. The number of amides is 1. The molecule has 0 bridgehead atoms. The quantitative estimate of drug-likeness (QED) is 0.651. The number of carbonyl (C=O) groups excluding carboxylic acids is 1. The number of anilines is 1. The van der Waals surface area contributed by atoms with E-state index in [2.05, 4.69) is 17.2 Å². The van der Waals surface area contributed by atoms with E-state index in [1.807, 2.05) is 0 Å². The van der Waals surface area contributed by atoms with E-state index in [1.165, 1.54) is 24.3 Å². The molecule has 1 unspecified atom stereocenters. The molecule has 0 spiro atoms. The molecule has 6 heteroatoms. The van der Waals surface area contributed by atoms with Crippen LogP contribution in [0.4, 0.5) is 10.1 Å². The summed E-state index contributed by atoms with van der Waals surface area (Å²) in [6.45, 7) is 3.73. The van der Waals surface area contributed by atoms with Gasteiger partial charge in [-0.05, 0) is 18.2 Å². The maximum absolute atomic E-state index is 12.9. The Bertz CT molecular complexity index is 477. The van der Waals surface area contributed by atoms with Crippen molar-refractivity contribution in [3.8, 4) is 0 Å². The maximum Gasteiger partial charge on any atom is 0.321 e. The molecule has 1 rings (SSSR count). The Morgan fingerprint density at radius 2 is 2.21 bits per heavy atom. The Balaban J connectivity index is 2.57. The topological polar surface area (TPSA) is 78.4 Å². The van der Waals surface area contributed by atoms with Crippen LogP contribution in [-0.2, 0) is 9.59 Å². The highest BCUT2D eigenvalue weighted by Gasteiger charge is 2.20. The third-order valence-corrected chi connectivity index (χ3v) is 2.30. The first-order valence-corrected chi connectivity index (χ1v) is 5.65. The Morgan fingerprint density at radius 1 is 1.47 bits per heavy atom. The van der Waals surface area contributed by atoms with Crippen LogP contribution < -0.4 is 10.6 Å². The van der Waals surface area contributed by atoms with Crippen LogP contribution in [0.3, 0.4) is 0 Å². The van der Waals surface area contributed by atoms with Crippen LogP contribution in [0.25, 0.3) is 0 Å². The van der Waals surface area contributed by atoms with Crippen molar-refractivity contribution in [2.45, 2.75) is 12.5 Å². The largest absolute Gasteiger partial charge is 0.480 e. The van der Waals surface area contributed by atoms with Crippen molar-refractivity contribution in [1.82, 2.24) is 5.32 Å². The minimum Gasteiger partial charge on any atom is -0.480 e. The molecular formula is C13H15FN2O3. The van der Waals surface area contributed by atoms with Gasteiger partial charge in [0.1, 0.15) is 11.9 Å². The van der Waals surface area contributed by atoms with Gasteiger partial charge in [0.05, 0.1) is 6.42 Å². The van der Waals surface area contributed by atoms with E-state index in [1.54, 1.807) is 0 Å². The number of aliphatic carboxylic acids is 1. The summed E-state index contributed by atoms with van der Waals surface area (Å²) in [4.78, 5) is 22.5. The van der Waals surface area contributed by atoms with Gasteiger partial charge < -0.3 is 15.7 Å². The predicted octanol–water partition coefficient (Wildman–Crippen LogP) is 1.38. The summed E-state index contributed by atoms with van der Waals surface area (Å²) in [7, 11) is 0. The molecule has 19 heavy (non-hydrogen) atoms. The van der Waals surface area contributed by atoms with E-state index in [9.17, 15) is 14.0 Å². The second-order valence-corrected chi connectivity index (χ2v) is 3.85. The third kappa shape index (κ3) is 5.31.